The molecule has 0 amide bonds. The molecule has 1 aromatic rings. The minimum absolute atomic E-state index is 0.150. The smallest absolute Gasteiger partial charge is 0.137 e. The second-order valence-electron chi connectivity index (χ2n) is 5.70. The van der Waals surface area contributed by atoms with Crippen LogP contribution in [0.5, 0.6) is 5.75 Å². The number of ether oxygens (including phenoxy) is 1. The molecule has 0 spiro atoms. The Hall–Kier alpha value is -0.770. The summed E-state index contributed by atoms with van der Waals surface area (Å²) in [6, 6.07) is 6.11. The van der Waals surface area contributed by atoms with Gasteiger partial charge in [-0.1, -0.05) is 24.1 Å². The number of nitrogens with zero attached hydrogens (tertiary/aromatic N) is 1. The summed E-state index contributed by atoms with van der Waals surface area (Å²) in [6.45, 7) is 6.08. The monoisotopic (exact) mass is 296 g/mol. The zero-order chi connectivity index (χ0) is 14.4. The number of hydrogen-bond donors (Lipinski definition) is 1. The molecule has 4 heteroatoms. The topological polar surface area (TPSA) is 38.5 Å². The summed E-state index contributed by atoms with van der Waals surface area (Å²) in [5.41, 5.74) is 6.96. The SMILES string of the molecule is CC(N)Cc1ccc(OCCN2CCCCC2)c(Cl)c1. The number of nitrogens with two attached hydrogens (primary N) is 1. The van der Waals surface area contributed by atoms with Crippen molar-refractivity contribution in [2.24, 2.45) is 5.73 Å². The Morgan fingerprint density at radius 1 is 1.30 bits per heavy atom. The molecule has 0 saturated carbocycles. The fourth-order valence-corrected chi connectivity index (χ4v) is 2.89. The van der Waals surface area contributed by atoms with Crippen molar-refractivity contribution in [2.75, 3.05) is 26.2 Å². The average Bonchev–Trinajstić information content (AvgIpc) is 2.42. The third-order valence-electron chi connectivity index (χ3n) is 3.67. The van der Waals surface area contributed by atoms with E-state index in [0.29, 0.717) is 11.6 Å². The van der Waals surface area contributed by atoms with Gasteiger partial charge in [-0.15, -0.1) is 0 Å². The molecule has 1 atom stereocenters. The molecule has 0 radical (unpaired) electrons. The molecule has 0 aliphatic carbocycles. The van der Waals surface area contributed by atoms with Crippen molar-refractivity contribution in [3.8, 4) is 5.75 Å². The van der Waals surface area contributed by atoms with Crippen LogP contribution in [0, 0.1) is 0 Å². The molecule has 1 saturated heterocycles. The van der Waals surface area contributed by atoms with Gasteiger partial charge in [0.05, 0.1) is 5.02 Å². The van der Waals surface area contributed by atoms with Gasteiger partial charge in [0.1, 0.15) is 12.4 Å². The quantitative estimate of drug-likeness (QED) is 0.877. The van der Waals surface area contributed by atoms with Crippen molar-refractivity contribution in [2.45, 2.75) is 38.6 Å². The van der Waals surface area contributed by atoms with Crippen LogP contribution < -0.4 is 10.5 Å². The van der Waals surface area contributed by atoms with Crippen molar-refractivity contribution in [1.82, 2.24) is 4.90 Å². The highest BCUT2D eigenvalue weighted by Gasteiger charge is 2.10. The van der Waals surface area contributed by atoms with E-state index in [0.717, 1.165) is 24.3 Å². The summed E-state index contributed by atoms with van der Waals surface area (Å²) >= 11 is 6.25. The van der Waals surface area contributed by atoms with Gasteiger partial charge in [-0.25, -0.2) is 0 Å². The Kier molecular flexibility index (Phi) is 6.14. The number of benzene rings is 1. The van der Waals surface area contributed by atoms with Gasteiger partial charge < -0.3 is 10.5 Å². The van der Waals surface area contributed by atoms with Crippen molar-refractivity contribution < 1.29 is 4.74 Å². The van der Waals surface area contributed by atoms with Crippen LogP contribution >= 0.6 is 11.6 Å². The summed E-state index contributed by atoms with van der Waals surface area (Å²) in [4.78, 5) is 2.46. The maximum absolute atomic E-state index is 6.25. The Morgan fingerprint density at radius 2 is 2.05 bits per heavy atom. The first-order valence-electron chi connectivity index (χ1n) is 7.54. The van der Waals surface area contributed by atoms with E-state index in [2.05, 4.69) is 4.90 Å². The molecular weight excluding hydrogens is 272 g/mol. The summed E-state index contributed by atoms with van der Waals surface area (Å²) in [7, 11) is 0. The number of hydrogen-bond acceptors (Lipinski definition) is 3. The van der Waals surface area contributed by atoms with Crippen molar-refractivity contribution in [3.05, 3.63) is 28.8 Å². The lowest BCUT2D eigenvalue weighted by Gasteiger charge is -2.26. The van der Waals surface area contributed by atoms with Crippen LogP contribution in [0.2, 0.25) is 5.02 Å². The van der Waals surface area contributed by atoms with Crippen LogP contribution in [0.1, 0.15) is 31.7 Å². The van der Waals surface area contributed by atoms with Crippen molar-refractivity contribution in [1.29, 1.82) is 0 Å². The minimum atomic E-state index is 0.150. The first-order chi connectivity index (χ1) is 9.65. The van der Waals surface area contributed by atoms with E-state index in [-0.39, 0.29) is 6.04 Å². The number of likely N-dealkylation sites (tertiary alicyclic amines) is 1. The number of piperidine rings is 1. The molecule has 1 heterocycles. The van der Waals surface area contributed by atoms with Gasteiger partial charge in [0.2, 0.25) is 0 Å². The Morgan fingerprint density at radius 3 is 2.70 bits per heavy atom. The van der Waals surface area contributed by atoms with Crippen LogP contribution in [-0.2, 0) is 6.42 Å². The van der Waals surface area contributed by atoms with Gasteiger partial charge in [0.15, 0.2) is 0 Å². The zero-order valence-corrected chi connectivity index (χ0v) is 13.0. The largest absolute Gasteiger partial charge is 0.491 e. The average molecular weight is 297 g/mol. The lowest BCUT2D eigenvalue weighted by atomic mass is 10.1. The summed E-state index contributed by atoms with van der Waals surface area (Å²) in [6.07, 6.45) is 4.83. The van der Waals surface area contributed by atoms with Gasteiger partial charge in [-0.3, -0.25) is 4.90 Å². The maximum atomic E-state index is 6.25. The molecule has 1 unspecified atom stereocenters. The van der Waals surface area contributed by atoms with E-state index >= 15 is 0 Å². The molecule has 1 fully saturated rings. The fourth-order valence-electron chi connectivity index (χ4n) is 2.63. The van der Waals surface area contributed by atoms with Gasteiger partial charge in [0, 0.05) is 12.6 Å². The lowest BCUT2D eigenvalue weighted by molar-refractivity contribution is 0.183. The highest BCUT2D eigenvalue weighted by atomic mass is 35.5. The van der Waals surface area contributed by atoms with Crippen LogP contribution in [0.25, 0.3) is 0 Å². The third-order valence-corrected chi connectivity index (χ3v) is 3.96. The van der Waals surface area contributed by atoms with Gasteiger partial charge in [-0.05, 0) is 57.0 Å². The lowest BCUT2D eigenvalue weighted by Crippen LogP contribution is -2.33. The highest BCUT2D eigenvalue weighted by Crippen LogP contribution is 2.26. The second-order valence-corrected chi connectivity index (χ2v) is 6.10. The maximum Gasteiger partial charge on any atom is 0.137 e. The van der Waals surface area contributed by atoms with Crippen LogP contribution in [-0.4, -0.2) is 37.2 Å². The fraction of sp³-hybridized carbons (Fsp3) is 0.625. The van der Waals surface area contributed by atoms with E-state index in [9.17, 15) is 0 Å². The first kappa shape index (κ1) is 15.6. The Bertz CT molecular complexity index is 417. The highest BCUT2D eigenvalue weighted by molar-refractivity contribution is 6.32. The molecule has 1 aromatic carbocycles. The van der Waals surface area contributed by atoms with Crippen LogP contribution in [0.3, 0.4) is 0 Å². The van der Waals surface area contributed by atoms with E-state index in [1.54, 1.807) is 0 Å². The van der Waals surface area contributed by atoms with Crippen molar-refractivity contribution >= 4 is 11.6 Å². The first-order valence-corrected chi connectivity index (χ1v) is 7.92. The molecule has 1 aliphatic heterocycles. The summed E-state index contributed by atoms with van der Waals surface area (Å²) in [5.74, 6) is 0.775. The van der Waals surface area contributed by atoms with E-state index < -0.39 is 0 Å². The summed E-state index contributed by atoms with van der Waals surface area (Å²) in [5, 5.41) is 0.682. The second kappa shape index (κ2) is 7.87. The molecule has 3 nitrogen and oxygen atoms in total. The number of rotatable bonds is 6. The Balaban J connectivity index is 1.80. The van der Waals surface area contributed by atoms with E-state index in [1.165, 1.54) is 32.4 Å². The van der Waals surface area contributed by atoms with E-state index in [4.69, 9.17) is 22.1 Å². The molecule has 112 valence electrons. The van der Waals surface area contributed by atoms with E-state index in [1.807, 2.05) is 25.1 Å². The van der Waals surface area contributed by atoms with Gasteiger partial charge in [-0.2, -0.15) is 0 Å². The summed E-state index contributed by atoms with van der Waals surface area (Å²) < 4.78 is 5.79. The third kappa shape index (κ3) is 4.97. The van der Waals surface area contributed by atoms with Crippen LogP contribution in [0.4, 0.5) is 0 Å². The molecule has 0 aromatic heterocycles. The van der Waals surface area contributed by atoms with Crippen molar-refractivity contribution in [3.63, 3.8) is 0 Å². The molecule has 1 aliphatic rings. The van der Waals surface area contributed by atoms with Crippen LogP contribution in [0.15, 0.2) is 18.2 Å². The van der Waals surface area contributed by atoms with Gasteiger partial charge >= 0.3 is 0 Å². The predicted octanol–water partition coefficient (Wildman–Crippen LogP) is 3.09. The predicted molar refractivity (Wildman–Crippen MR) is 84.6 cm³/mol. The Labute approximate surface area is 127 Å². The molecular formula is C16H25ClN2O. The standard InChI is InChI=1S/C16H25ClN2O/c1-13(18)11-14-5-6-16(15(17)12-14)20-10-9-19-7-3-2-4-8-19/h5-6,12-13H,2-4,7-11,18H2,1H3. The molecule has 2 rings (SSSR count). The molecule has 20 heavy (non-hydrogen) atoms. The molecule has 0 bridgehead atoms. The normalized spacial score (nSPS) is 17.9. The molecule has 2 N–H and O–H groups in total. The minimum Gasteiger partial charge on any atom is -0.491 e. The zero-order valence-electron chi connectivity index (χ0n) is 12.3. The number of halogens is 1. The van der Waals surface area contributed by atoms with Gasteiger partial charge in [0.25, 0.3) is 0 Å².